The molecule has 3 rings (SSSR count). The van der Waals surface area contributed by atoms with Crippen molar-refractivity contribution in [1.82, 2.24) is 4.90 Å². The molecule has 21 heavy (non-hydrogen) atoms. The molecule has 2 atom stereocenters. The number of anilines is 1. The molecule has 0 radical (unpaired) electrons. The van der Waals surface area contributed by atoms with E-state index in [9.17, 15) is 4.79 Å². The molecule has 1 aromatic carbocycles. The fraction of sp³-hybridized carbons (Fsp3) is 0.611. The molecule has 3 heteroatoms. The third-order valence-electron chi connectivity index (χ3n) is 5.13. The number of amides is 1. The predicted molar refractivity (Wildman–Crippen MR) is 86.4 cm³/mol. The van der Waals surface area contributed by atoms with Crippen LogP contribution in [-0.2, 0) is 4.79 Å². The first kappa shape index (κ1) is 14.4. The van der Waals surface area contributed by atoms with Crippen LogP contribution in [-0.4, -0.2) is 30.4 Å². The molecule has 1 N–H and O–H groups in total. The van der Waals surface area contributed by atoms with Gasteiger partial charge in [0.25, 0.3) is 0 Å². The standard InChI is InChI=1S/C18H26N2O/c1-18(2,3)14-8-9-20(12-14)17(21)10-13-11-19-16-7-5-4-6-15(13)16/h4-7,13-14,19H,8-12H2,1-3H3. The maximum atomic E-state index is 12.6. The molecular weight excluding hydrogens is 260 g/mol. The minimum atomic E-state index is 0.302. The highest BCUT2D eigenvalue weighted by Crippen LogP contribution is 2.36. The van der Waals surface area contributed by atoms with Gasteiger partial charge in [0.05, 0.1) is 0 Å². The number of benzene rings is 1. The molecule has 0 aliphatic carbocycles. The average Bonchev–Trinajstić information content (AvgIpc) is 3.05. The van der Waals surface area contributed by atoms with Crippen LogP contribution in [0.3, 0.4) is 0 Å². The fourth-order valence-corrected chi connectivity index (χ4v) is 3.57. The lowest BCUT2D eigenvalue weighted by molar-refractivity contribution is -0.130. The summed E-state index contributed by atoms with van der Waals surface area (Å²) in [6, 6.07) is 8.36. The molecule has 114 valence electrons. The Morgan fingerprint density at radius 1 is 1.33 bits per heavy atom. The van der Waals surface area contributed by atoms with Crippen molar-refractivity contribution in [3.8, 4) is 0 Å². The number of para-hydroxylation sites is 1. The highest BCUT2D eigenvalue weighted by Gasteiger charge is 2.35. The maximum Gasteiger partial charge on any atom is 0.223 e. The van der Waals surface area contributed by atoms with Gasteiger partial charge in [0.1, 0.15) is 0 Å². The van der Waals surface area contributed by atoms with Crippen LogP contribution < -0.4 is 5.32 Å². The van der Waals surface area contributed by atoms with E-state index in [1.807, 2.05) is 6.07 Å². The van der Waals surface area contributed by atoms with Crippen molar-refractivity contribution in [3.05, 3.63) is 29.8 Å². The molecule has 1 fully saturated rings. The first-order valence-electron chi connectivity index (χ1n) is 8.05. The molecule has 2 heterocycles. The second-order valence-electron chi connectivity index (χ2n) is 7.56. The molecule has 0 bridgehead atoms. The van der Waals surface area contributed by atoms with E-state index in [1.165, 1.54) is 11.3 Å². The summed E-state index contributed by atoms with van der Waals surface area (Å²) in [6.07, 6.45) is 1.79. The van der Waals surface area contributed by atoms with Crippen LogP contribution >= 0.6 is 0 Å². The quantitative estimate of drug-likeness (QED) is 0.902. The first-order valence-corrected chi connectivity index (χ1v) is 8.05. The van der Waals surface area contributed by atoms with Gasteiger partial charge in [-0.2, -0.15) is 0 Å². The van der Waals surface area contributed by atoms with Crippen molar-refractivity contribution in [3.63, 3.8) is 0 Å². The van der Waals surface area contributed by atoms with Gasteiger partial charge in [0.2, 0.25) is 5.91 Å². The van der Waals surface area contributed by atoms with Gasteiger partial charge in [-0.15, -0.1) is 0 Å². The summed E-state index contributed by atoms with van der Waals surface area (Å²) in [4.78, 5) is 14.7. The highest BCUT2D eigenvalue weighted by atomic mass is 16.2. The second-order valence-corrected chi connectivity index (χ2v) is 7.56. The summed E-state index contributed by atoms with van der Waals surface area (Å²) in [5, 5.41) is 3.41. The summed E-state index contributed by atoms with van der Waals surface area (Å²) in [5.41, 5.74) is 2.80. The topological polar surface area (TPSA) is 32.3 Å². The third-order valence-corrected chi connectivity index (χ3v) is 5.13. The van der Waals surface area contributed by atoms with E-state index >= 15 is 0 Å². The van der Waals surface area contributed by atoms with Gasteiger partial charge < -0.3 is 10.2 Å². The van der Waals surface area contributed by atoms with Crippen LogP contribution in [0.15, 0.2) is 24.3 Å². The monoisotopic (exact) mass is 286 g/mol. The van der Waals surface area contributed by atoms with Crippen molar-refractivity contribution >= 4 is 11.6 Å². The molecule has 0 saturated carbocycles. The second kappa shape index (κ2) is 5.36. The number of hydrogen-bond donors (Lipinski definition) is 1. The molecular formula is C18H26N2O. The molecule has 0 aromatic heterocycles. The zero-order valence-corrected chi connectivity index (χ0v) is 13.4. The van der Waals surface area contributed by atoms with E-state index < -0.39 is 0 Å². The van der Waals surface area contributed by atoms with E-state index in [0.717, 1.165) is 26.1 Å². The SMILES string of the molecule is CC(C)(C)C1CCN(C(=O)CC2CNc3ccccc32)C1. The van der Waals surface area contributed by atoms with Crippen molar-refractivity contribution < 1.29 is 4.79 Å². The van der Waals surface area contributed by atoms with Gasteiger partial charge in [0.15, 0.2) is 0 Å². The zero-order valence-electron chi connectivity index (χ0n) is 13.4. The number of carbonyl (C=O) groups excluding carboxylic acids is 1. The highest BCUT2D eigenvalue weighted by molar-refractivity contribution is 5.78. The number of hydrogen-bond acceptors (Lipinski definition) is 2. The normalized spacial score (nSPS) is 24.8. The molecule has 1 amide bonds. The lowest BCUT2D eigenvalue weighted by atomic mass is 9.80. The van der Waals surface area contributed by atoms with Crippen LogP contribution in [0.4, 0.5) is 5.69 Å². The first-order chi connectivity index (χ1) is 9.95. The minimum absolute atomic E-state index is 0.302. The van der Waals surface area contributed by atoms with Crippen molar-refractivity contribution in [2.24, 2.45) is 11.3 Å². The van der Waals surface area contributed by atoms with E-state index in [1.54, 1.807) is 0 Å². The largest absolute Gasteiger partial charge is 0.384 e. The number of nitrogens with zero attached hydrogens (tertiary/aromatic N) is 1. The maximum absolute atomic E-state index is 12.6. The van der Waals surface area contributed by atoms with Gasteiger partial charge in [-0.1, -0.05) is 39.0 Å². The number of nitrogens with one attached hydrogen (secondary N) is 1. The number of likely N-dealkylation sites (tertiary alicyclic amines) is 1. The molecule has 2 aliphatic heterocycles. The van der Waals surface area contributed by atoms with E-state index in [2.05, 4.69) is 49.2 Å². The van der Waals surface area contributed by atoms with Crippen LogP contribution in [0.2, 0.25) is 0 Å². The van der Waals surface area contributed by atoms with Crippen LogP contribution in [0, 0.1) is 11.3 Å². The van der Waals surface area contributed by atoms with Gasteiger partial charge in [-0.25, -0.2) is 0 Å². The van der Waals surface area contributed by atoms with Gasteiger partial charge in [-0.05, 0) is 29.4 Å². The fourth-order valence-electron chi connectivity index (χ4n) is 3.57. The molecule has 2 unspecified atom stereocenters. The summed E-state index contributed by atoms with van der Waals surface area (Å²) in [5.74, 6) is 1.29. The summed E-state index contributed by atoms with van der Waals surface area (Å²) in [7, 11) is 0. The molecule has 1 aromatic rings. The van der Waals surface area contributed by atoms with Crippen molar-refractivity contribution in [2.75, 3.05) is 25.0 Å². The lowest BCUT2D eigenvalue weighted by Crippen LogP contribution is -2.32. The van der Waals surface area contributed by atoms with Gasteiger partial charge in [0, 0.05) is 37.7 Å². The Hall–Kier alpha value is -1.51. The average molecular weight is 286 g/mol. The number of carbonyl (C=O) groups is 1. The Bertz CT molecular complexity index is 532. The predicted octanol–water partition coefficient (Wildman–Crippen LogP) is 3.48. The van der Waals surface area contributed by atoms with E-state index in [-0.39, 0.29) is 0 Å². The zero-order chi connectivity index (χ0) is 15.0. The Kier molecular flexibility index (Phi) is 3.68. The Morgan fingerprint density at radius 2 is 2.10 bits per heavy atom. The molecule has 3 nitrogen and oxygen atoms in total. The van der Waals surface area contributed by atoms with Gasteiger partial charge in [-0.3, -0.25) is 4.79 Å². The number of fused-ring (bicyclic) bond motifs is 1. The summed E-state index contributed by atoms with van der Waals surface area (Å²) >= 11 is 0. The van der Waals surface area contributed by atoms with Crippen molar-refractivity contribution in [1.29, 1.82) is 0 Å². The van der Waals surface area contributed by atoms with Gasteiger partial charge >= 0.3 is 0 Å². The van der Waals surface area contributed by atoms with E-state index in [4.69, 9.17) is 0 Å². The summed E-state index contributed by atoms with van der Waals surface area (Å²) < 4.78 is 0. The van der Waals surface area contributed by atoms with Crippen molar-refractivity contribution in [2.45, 2.75) is 39.5 Å². The van der Waals surface area contributed by atoms with E-state index in [0.29, 0.717) is 29.6 Å². The Balaban J connectivity index is 1.61. The molecule has 0 spiro atoms. The van der Waals surface area contributed by atoms with Crippen LogP contribution in [0.1, 0.15) is 45.1 Å². The number of rotatable bonds is 2. The van der Waals surface area contributed by atoms with Crippen LogP contribution in [0.25, 0.3) is 0 Å². The third kappa shape index (κ3) is 2.92. The summed E-state index contributed by atoms with van der Waals surface area (Å²) in [6.45, 7) is 9.60. The molecule has 1 saturated heterocycles. The Labute approximate surface area is 127 Å². The molecule has 2 aliphatic rings. The van der Waals surface area contributed by atoms with Crippen LogP contribution in [0.5, 0.6) is 0 Å². The smallest absolute Gasteiger partial charge is 0.223 e. The lowest BCUT2D eigenvalue weighted by Gasteiger charge is -2.27. The Morgan fingerprint density at radius 3 is 2.81 bits per heavy atom. The minimum Gasteiger partial charge on any atom is -0.384 e.